The first-order chi connectivity index (χ1) is 9.19. The molecule has 0 radical (unpaired) electrons. The van der Waals surface area contributed by atoms with Crippen molar-refractivity contribution in [3.63, 3.8) is 0 Å². The minimum Gasteiger partial charge on any atom is -0.384 e. The summed E-state index contributed by atoms with van der Waals surface area (Å²) in [5.74, 6) is 0.451. The van der Waals surface area contributed by atoms with Crippen LogP contribution in [0.5, 0.6) is 0 Å². The van der Waals surface area contributed by atoms with Crippen molar-refractivity contribution in [1.29, 1.82) is 0 Å². The number of rotatable bonds is 1. The van der Waals surface area contributed by atoms with Crippen molar-refractivity contribution >= 4 is 24.1 Å². The zero-order valence-corrected chi connectivity index (χ0v) is 12.5. The van der Waals surface area contributed by atoms with Crippen molar-refractivity contribution in [1.82, 2.24) is 9.88 Å². The van der Waals surface area contributed by atoms with Gasteiger partial charge in [0.2, 0.25) is 0 Å². The largest absolute Gasteiger partial charge is 0.384 e. The Labute approximate surface area is 126 Å². The first-order valence-corrected chi connectivity index (χ1v) is 7.20. The van der Waals surface area contributed by atoms with Crippen LogP contribution in [0.4, 0.5) is 5.82 Å². The Kier molecular flexibility index (Phi) is 4.53. The lowest BCUT2D eigenvalue weighted by Crippen LogP contribution is -2.33. The van der Waals surface area contributed by atoms with Gasteiger partial charge < -0.3 is 10.6 Å². The molecular weight excluding hydrogens is 274 g/mol. The van der Waals surface area contributed by atoms with Crippen molar-refractivity contribution < 1.29 is 4.79 Å². The molecule has 0 bridgehead atoms. The minimum atomic E-state index is 0. The van der Waals surface area contributed by atoms with Gasteiger partial charge in [-0.1, -0.05) is 25.3 Å². The summed E-state index contributed by atoms with van der Waals surface area (Å²) in [6.45, 7) is 1.78. The van der Waals surface area contributed by atoms with Gasteiger partial charge in [0, 0.05) is 13.1 Å². The molecule has 1 saturated heterocycles. The lowest BCUT2D eigenvalue weighted by Gasteiger charge is -2.33. The zero-order chi connectivity index (χ0) is 13.3. The summed E-state index contributed by atoms with van der Waals surface area (Å²) >= 11 is 0. The maximum Gasteiger partial charge on any atom is 0.272 e. The van der Waals surface area contributed by atoms with Crippen LogP contribution in [0.25, 0.3) is 0 Å². The Hall–Kier alpha value is -1.29. The third-order valence-corrected chi connectivity index (χ3v) is 4.63. The number of anilines is 1. The monoisotopic (exact) mass is 295 g/mol. The molecule has 1 aromatic rings. The summed E-state index contributed by atoms with van der Waals surface area (Å²) < 4.78 is 0. The van der Waals surface area contributed by atoms with Gasteiger partial charge in [-0.2, -0.15) is 0 Å². The maximum atomic E-state index is 12.4. The fourth-order valence-corrected chi connectivity index (χ4v) is 3.55. The molecule has 5 heteroatoms. The number of aromatic nitrogens is 1. The summed E-state index contributed by atoms with van der Waals surface area (Å²) in [4.78, 5) is 18.5. The second kappa shape index (κ2) is 6.00. The minimum absolute atomic E-state index is 0. The summed E-state index contributed by atoms with van der Waals surface area (Å²) in [6, 6.07) is 5.26. The molecule has 0 aromatic carbocycles. The van der Waals surface area contributed by atoms with Crippen LogP contribution in [0.2, 0.25) is 0 Å². The molecule has 110 valence electrons. The highest BCUT2D eigenvalue weighted by atomic mass is 35.5. The van der Waals surface area contributed by atoms with Crippen LogP contribution in [0.1, 0.15) is 49.0 Å². The van der Waals surface area contributed by atoms with Crippen molar-refractivity contribution in [2.45, 2.75) is 38.5 Å². The van der Waals surface area contributed by atoms with Gasteiger partial charge in [0.25, 0.3) is 5.91 Å². The second-order valence-electron chi connectivity index (χ2n) is 5.99. The summed E-state index contributed by atoms with van der Waals surface area (Å²) in [5.41, 5.74) is 6.53. The zero-order valence-electron chi connectivity index (χ0n) is 11.7. The lowest BCUT2D eigenvalue weighted by molar-refractivity contribution is 0.0753. The normalized spacial score (nSPS) is 20.7. The van der Waals surface area contributed by atoms with Gasteiger partial charge in [-0.05, 0) is 36.8 Å². The average molecular weight is 296 g/mol. The molecule has 1 aliphatic carbocycles. The molecule has 2 heterocycles. The summed E-state index contributed by atoms with van der Waals surface area (Å²) in [5, 5.41) is 0. The predicted molar refractivity (Wildman–Crippen MR) is 81.9 cm³/mol. The summed E-state index contributed by atoms with van der Waals surface area (Å²) in [7, 11) is 0. The van der Waals surface area contributed by atoms with Gasteiger partial charge in [0.05, 0.1) is 0 Å². The number of carbonyl (C=O) groups excluding carboxylic acids is 1. The second-order valence-corrected chi connectivity index (χ2v) is 5.99. The van der Waals surface area contributed by atoms with Gasteiger partial charge in [0.1, 0.15) is 11.5 Å². The topological polar surface area (TPSA) is 59.2 Å². The fraction of sp³-hybridized carbons (Fsp3) is 0.600. The molecule has 2 N–H and O–H groups in total. The molecule has 20 heavy (non-hydrogen) atoms. The Morgan fingerprint density at radius 2 is 1.95 bits per heavy atom. The Bertz CT molecular complexity index is 486. The fourth-order valence-electron chi connectivity index (χ4n) is 3.55. The highest BCUT2D eigenvalue weighted by Gasteiger charge is 2.40. The Balaban J connectivity index is 0.00000147. The number of hydrogen-bond acceptors (Lipinski definition) is 3. The number of pyridine rings is 1. The van der Waals surface area contributed by atoms with Crippen molar-refractivity contribution in [2.75, 3.05) is 18.8 Å². The third-order valence-electron chi connectivity index (χ3n) is 4.63. The van der Waals surface area contributed by atoms with Gasteiger partial charge in [-0.15, -0.1) is 12.4 Å². The van der Waals surface area contributed by atoms with Crippen molar-refractivity contribution in [3.8, 4) is 0 Å². The third kappa shape index (κ3) is 2.90. The van der Waals surface area contributed by atoms with Crippen LogP contribution in [0.15, 0.2) is 18.2 Å². The molecule has 1 spiro atoms. The highest BCUT2D eigenvalue weighted by Crippen LogP contribution is 2.43. The lowest BCUT2D eigenvalue weighted by atomic mass is 9.73. The van der Waals surface area contributed by atoms with E-state index in [-0.39, 0.29) is 18.3 Å². The smallest absolute Gasteiger partial charge is 0.272 e. The molecule has 1 saturated carbocycles. The van der Waals surface area contributed by atoms with Crippen LogP contribution >= 0.6 is 12.4 Å². The van der Waals surface area contributed by atoms with E-state index in [0.717, 1.165) is 19.5 Å². The first kappa shape index (κ1) is 15.1. The number of nitrogens with two attached hydrogens (primary N) is 1. The predicted octanol–water partition coefficient (Wildman–Crippen LogP) is 2.88. The van der Waals surface area contributed by atoms with Gasteiger partial charge >= 0.3 is 0 Å². The van der Waals surface area contributed by atoms with E-state index >= 15 is 0 Å². The number of carbonyl (C=O) groups is 1. The van der Waals surface area contributed by atoms with Gasteiger partial charge in [0.15, 0.2) is 0 Å². The van der Waals surface area contributed by atoms with E-state index in [1.54, 1.807) is 18.2 Å². The Morgan fingerprint density at radius 1 is 1.20 bits per heavy atom. The molecule has 1 amide bonds. The first-order valence-electron chi connectivity index (χ1n) is 7.20. The number of amides is 1. The quantitative estimate of drug-likeness (QED) is 0.866. The van der Waals surface area contributed by atoms with E-state index in [1.165, 1.54) is 32.1 Å². The van der Waals surface area contributed by atoms with E-state index < -0.39 is 0 Å². The molecule has 2 aliphatic rings. The van der Waals surface area contributed by atoms with Crippen molar-refractivity contribution in [2.24, 2.45) is 5.41 Å². The standard InChI is InChI=1S/C15H21N3O.ClH/c16-13-6-4-5-12(17-13)14(19)18-10-9-15(11-18)7-2-1-3-8-15;/h4-6H,1-3,7-11H2,(H2,16,17);1H. The number of hydrogen-bond donors (Lipinski definition) is 1. The molecular formula is C15H22ClN3O. The Morgan fingerprint density at radius 3 is 2.65 bits per heavy atom. The molecule has 0 atom stereocenters. The van der Waals surface area contributed by atoms with E-state index in [1.807, 2.05) is 4.90 Å². The van der Waals surface area contributed by atoms with Gasteiger partial charge in [-0.3, -0.25) is 4.79 Å². The van der Waals surface area contributed by atoms with E-state index in [2.05, 4.69) is 4.98 Å². The van der Waals surface area contributed by atoms with Crippen molar-refractivity contribution in [3.05, 3.63) is 23.9 Å². The summed E-state index contributed by atoms with van der Waals surface area (Å²) in [6.07, 6.45) is 7.70. The maximum absolute atomic E-state index is 12.4. The molecule has 3 rings (SSSR count). The highest BCUT2D eigenvalue weighted by molar-refractivity contribution is 5.92. The van der Waals surface area contributed by atoms with E-state index in [4.69, 9.17) is 5.73 Å². The van der Waals surface area contributed by atoms with Crippen LogP contribution in [0.3, 0.4) is 0 Å². The number of halogens is 1. The number of nitrogens with zero attached hydrogens (tertiary/aromatic N) is 2. The molecule has 0 unspecified atom stereocenters. The molecule has 1 aromatic heterocycles. The van der Waals surface area contributed by atoms with Crippen LogP contribution in [0, 0.1) is 5.41 Å². The average Bonchev–Trinajstić information content (AvgIpc) is 2.82. The van der Waals surface area contributed by atoms with E-state index in [9.17, 15) is 4.79 Å². The molecule has 1 aliphatic heterocycles. The van der Waals surface area contributed by atoms with Gasteiger partial charge in [-0.25, -0.2) is 4.98 Å². The van der Waals surface area contributed by atoms with Crippen LogP contribution in [-0.2, 0) is 0 Å². The molecule has 4 nitrogen and oxygen atoms in total. The van der Waals surface area contributed by atoms with E-state index in [0.29, 0.717) is 16.9 Å². The number of likely N-dealkylation sites (tertiary alicyclic amines) is 1. The van der Waals surface area contributed by atoms with Crippen LogP contribution in [-0.4, -0.2) is 28.9 Å². The number of nitrogen functional groups attached to an aromatic ring is 1. The van der Waals surface area contributed by atoms with Crippen LogP contribution < -0.4 is 5.73 Å². The SMILES string of the molecule is Cl.Nc1cccc(C(=O)N2CCC3(CCCCC3)C2)n1. The molecule has 2 fully saturated rings.